The number of rotatable bonds is 3. The molecule has 1 aromatic heterocycles. The van der Waals surface area contributed by atoms with Crippen molar-refractivity contribution in [2.24, 2.45) is 10.7 Å². The van der Waals surface area contributed by atoms with E-state index in [-0.39, 0.29) is 12.4 Å². The minimum absolute atomic E-state index is 0. The molecule has 0 bridgehead atoms. The van der Waals surface area contributed by atoms with E-state index in [0.29, 0.717) is 11.7 Å². The molecule has 3 aliphatic rings. The number of allylic oxidation sites excluding steroid dienone is 2. The minimum atomic E-state index is 0. The van der Waals surface area contributed by atoms with E-state index in [9.17, 15) is 0 Å². The first kappa shape index (κ1) is 21.1. The lowest BCUT2D eigenvalue weighted by molar-refractivity contribution is -0.547. The third kappa shape index (κ3) is 4.87. The van der Waals surface area contributed by atoms with Gasteiger partial charge in [0.1, 0.15) is 18.9 Å². The molecule has 152 valence electrons. The first-order valence-electron chi connectivity index (χ1n) is 8.90. The fourth-order valence-corrected chi connectivity index (χ4v) is 4.80. The molecule has 0 amide bonds. The molecule has 2 saturated heterocycles. The van der Waals surface area contributed by atoms with E-state index in [2.05, 4.69) is 19.5 Å². The van der Waals surface area contributed by atoms with Crippen LogP contribution in [-0.2, 0) is 9.47 Å². The van der Waals surface area contributed by atoms with Gasteiger partial charge in [-0.15, -0.1) is 0 Å². The molecule has 4 heterocycles. The highest BCUT2D eigenvalue weighted by Crippen LogP contribution is 2.30. The number of nitrogens with two attached hydrogens (primary N) is 2. The third-order valence-corrected chi connectivity index (χ3v) is 6.59. The molecule has 4 rings (SSSR count). The minimum Gasteiger partial charge on any atom is -1.00 e. The fourth-order valence-electron chi connectivity index (χ4n) is 2.90. The van der Waals surface area contributed by atoms with E-state index in [0.717, 1.165) is 72.7 Å². The Morgan fingerprint density at radius 3 is 2.54 bits per heavy atom. The van der Waals surface area contributed by atoms with Crippen molar-refractivity contribution >= 4 is 51.1 Å². The number of nitrogen functional groups attached to an aromatic ring is 1. The summed E-state index contributed by atoms with van der Waals surface area (Å²) in [6.45, 7) is 6.33. The summed E-state index contributed by atoms with van der Waals surface area (Å²) in [6, 6.07) is 0. The Kier molecular flexibility index (Phi) is 7.36. The van der Waals surface area contributed by atoms with Gasteiger partial charge in [0.25, 0.3) is 5.84 Å². The number of anilines is 2. The van der Waals surface area contributed by atoms with E-state index in [1.54, 1.807) is 23.1 Å². The number of nitrogens with zero attached hydrogens (tertiary/aromatic N) is 4. The average molecular weight is 443 g/mol. The normalized spacial score (nSPS) is 22.1. The zero-order valence-corrected chi connectivity index (χ0v) is 17.7. The Morgan fingerprint density at radius 1 is 1.07 bits per heavy atom. The van der Waals surface area contributed by atoms with Gasteiger partial charge >= 0.3 is 5.17 Å². The molecule has 8 nitrogen and oxygen atoms in total. The van der Waals surface area contributed by atoms with Crippen LogP contribution in [0.3, 0.4) is 0 Å². The lowest BCUT2D eigenvalue weighted by Gasteiger charge is -2.25. The van der Waals surface area contributed by atoms with Crippen LogP contribution >= 0.6 is 23.1 Å². The van der Waals surface area contributed by atoms with Crippen LogP contribution in [0.25, 0.3) is 6.08 Å². The maximum atomic E-state index is 6.08. The smallest absolute Gasteiger partial charge is 0.362 e. The van der Waals surface area contributed by atoms with Crippen molar-refractivity contribution in [3.8, 4) is 0 Å². The van der Waals surface area contributed by atoms with Crippen molar-refractivity contribution in [3.63, 3.8) is 0 Å². The molecule has 0 radical (unpaired) electrons. The van der Waals surface area contributed by atoms with Gasteiger partial charge in [-0.05, 0) is 17.1 Å². The van der Waals surface area contributed by atoms with E-state index in [4.69, 9.17) is 20.9 Å². The summed E-state index contributed by atoms with van der Waals surface area (Å²) < 4.78 is 13.0. The van der Waals surface area contributed by atoms with Crippen LogP contribution in [0.4, 0.5) is 10.9 Å². The molecule has 0 spiro atoms. The summed E-state index contributed by atoms with van der Waals surface area (Å²) >= 11 is 3.19. The molecule has 28 heavy (non-hydrogen) atoms. The second kappa shape index (κ2) is 9.75. The van der Waals surface area contributed by atoms with Crippen LogP contribution in [0.5, 0.6) is 0 Å². The Bertz CT molecular complexity index is 822. The van der Waals surface area contributed by atoms with Crippen molar-refractivity contribution in [3.05, 3.63) is 21.9 Å². The van der Waals surface area contributed by atoms with Crippen molar-refractivity contribution in [2.45, 2.75) is 0 Å². The van der Waals surface area contributed by atoms with E-state index < -0.39 is 0 Å². The molecule has 3 aliphatic heterocycles. The van der Waals surface area contributed by atoms with E-state index in [1.165, 1.54) is 0 Å². The number of aromatic nitrogens is 1. The third-order valence-electron chi connectivity index (χ3n) is 4.40. The summed E-state index contributed by atoms with van der Waals surface area (Å²) in [5.74, 6) is 1.11. The molecule has 0 aromatic carbocycles. The Hall–Kier alpha value is -1.59. The van der Waals surface area contributed by atoms with Crippen molar-refractivity contribution < 1.29 is 26.5 Å². The molecule has 0 saturated carbocycles. The number of aliphatic imine (C=N–C) groups is 1. The number of ether oxygens (including phenoxy) is 2. The quantitative estimate of drug-likeness (QED) is 0.520. The van der Waals surface area contributed by atoms with Crippen LogP contribution in [0.15, 0.2) is 22.0 Å². The number of halogens is 1. The molecule has 0 unspecified atom stereocenters. The number of hydrogen-bond acceptors (Lipinski definition) is 8. The predicted molar refractivity (Wildman–Crippen MR) is 112 cm³/mol. The molecule has 1 aromatic rings. The van der Waals surface area contributed by atoms with Gasteiger partial charge in [-0.3, -0.25) is 0 Å². The number of amidine groups is 2. The number of thiazole rings is 1. The Labute approximate surface area is 178 Å². The van der Waals surface area contributed by atoms with Gasteiger partial charge in [-0.2, -0.15) is 0 Å². The van der Waals surface area contributed by atoms with E-state index in [1.807, 2.05) is 18.2 Å². The van der Waals surface area contributed by atoms with Gasteiger partial charge in [0.15, 0.2) is 5.13 Å². The lowest BCUT2D eigenvalue weighted by atomic mass is 10.4. The maximum absolute atomic E-state index is 6.08. The summed E-state index contributed by atoms with van der Waals surface area (Å²) in [6.07, 6.45) is 5.91. The summed E-state index contributed by atoms with van der Waals surface area (Å²) in [4.78, 5) is 13.1. The van der Waals surface area contributed by atoms with E-state index >= 15 is 0 Å². The fraction of sp³-hybridized carbons (Fsp3) is 0.471. The van der Waals surface area contributed by atoms with Gasteiger partial charge in [0.2, 0.25) is 0 Å². The van der Waals surface area contributed by atoms with Gasteiger partial charge in [0.05, 0.1) is 36.2 Å². The van der Waals surface area contributed by atoms with Gasteiger partial charge in [0, 0.05) is 24.9 Å². The van der Waals surface area contributed by atoms with Gasteiger partial charge < -0.3 is 38.2 Å². The molecular formula is C17H23ClN6O2S2. The van der Waals surface area contributed by atoms with Gasteiger partial charge in [-0.25, -0.2) is 9.56 Å². The lowest BCUT2D eigenvalue weighted by Crippen LogP contribution is -3.00. The first-order chi connectivity index (χ1) is 13.2. The molecule has 11 heteroatoms. The van der Waals surface area contributed by atoms with Crippen LogP contribution in [-0.4, -0.2) is 73.2 Å². The van der Waals surface area contributed by atoms with Crippen LogP contribution in [0, 0.1) is 0 Å². The van der Waals surface area contributed by atoms with Crippen molar-refractivity contribution in [1.29, 1.82) is 0 Å². The molecule has 2 fully saturated rings. The standard InChI is InChI=1S/C17H22N6O2S2.ClH/c18-14-12(26-16(20-14)22-4-8-24-9-5-22)2-1-3-13-15(19)21-17(27-13)23-6-10-25-11-7-23;/h1-3H,4-11H2,(H3,18,19);1H. The maximum Gasteiger partial charge on any atom is 0.362 e. The van der Waals surface area contributed by atoms with Crippen molar-refractivity contribution in [2.75, 3.05) is 63.2 Å². The molecule has 0 atom stereocenters. The summed E-state index contributed by atoms with van der Waals surface area (Å²) in [5, 5.41) is 1.89. The molecule has 0 aliphatic carbocycles. The highest BCUT2D eigenvalue weighted by Gasteiger charge is 2.29. The predicted octanol–water partition coefficient (Wildman–Crippen LogP) is -2.03. The number of hydrogen-bond donors (Lipinski definition) is 2. The average Bonchev–Trinajstić information content (AvgIpc) is 3.26. The zero-order valence-electron chi connectivity index (χ0n) is 15.3. The zero-order chi connectivity index (χ0) is 18.6. The second-order valence-electron chi connectivity index (χ2n) is 6.22. The summed E-state index contributed by atoms with van der Waals surface area (Å²) in [7, 11) is 0. The SMILES string of the molecule is NC1=NC(=[N+]2CCOCC2)S/C1=C\C=C\c1sc(N2CCOCC2)nc1N.[Cl-]. The molecular weight excluding hydrogens is 420 g/mol. The molecule has 4 N–H and O–H groups in total. The van der Waals surface area contributed by atoms with Crippen molar-refractivity contribution in [1.82, 2.24) is 4.98 Å². The first-order valence-corrected chi connectivity index (χ1v) is 10.5. The Morgan fingerprint density at radius 2 is 1.79 bits per heavy atom. The summed E-state index contributed by atoms with van der Waals surface area (Å²) in [5.41, 5.74) is 12.2. The highest BCUT2D eigenvalue weighted by molar-refractivity contribution is 8.18. The Balaban J connectivity index is 0.00000225. The largest absolute Gasteiger partial charge is 1.00 e. The highest BCUT2D eigenvalue weighted by atomic mass is 35.5. The van der Waals surface area contributed by atoms with Gasteiger partial charge in [-0.1, -0.05) is 17.4 Å². The van der Waals surface area contributed by atoms with Crippen LogP contribution in [0.1, 0.15) is 4.88 Å². The van der Waals surface area contributed by atoms with Crippen LogP contribution in [0.2, 0.25) is 0 Å². The number of morpholine rings is 2. The topological polar surface area (TPSA) is 102 Å². The second-order valence-corrected chi connectivity index (χ2v) is 8.23. The monoisotopic (exact) mass is 442 g/mol. The number of thioether (sulfide) groups is 1. The van der Waals surface area contributed by atoms with Crippen LogP contribution < -0.4 is 28.8 Å².